The van der Waals surface area contributed by atoms with Crippen molar-refractivity contribution >= 4 is 5.57 Å². The summed E-state index contributed by atoms with van der Waals surface area (Å²) in [6, 6.07) is 12.6. The number of benzene rings is 1. The molecule has 2 aromatic heterocycles. The fourth-order valence-electron chi connectivity index (χ4n) is 4.04. The topological polar surface area (TPSA) is 29.0 Å². The van der Waals surface area contributed by atoms with Crippen molar-refractivity contribution in [3.8, 4) is 11.1 Å². The van der Waals surface area contributed by atoms with E-state index < -0.39 is 5.67 Å². The van der Waals surface area contributed by atoms with Gasteiger partial charge in [0.25, 0.3) is 0 Å². The van der Waals surface area contributed by atoms with E-state index in [0.717, 1.165) is 52.2 Å². The van der Waals surface area contributed by atoms with E-state index in [-0.39, 0.29) is 0 Å². The van der Waals surface area contributed by atoms with Gasteiger partial charge in [-0.3, -0.25) is 14.9 Å². The maximum atomic E-state index is 14.1. The SMILES string of the molecule is C=C(C)C(=C)c1cc(-c2cncc(CN3CCC(C)(F)C3)c2)ccc1C.Cc1ccc(C)nc1. The molecule has 0 saturated carbocycles. The summed E-state index contributed by atoms with van der Waals surface area (Å²) in [5, 5.41) is 0. The Bertz CT molecular complexity index is 1140. The molecule has 1 atom stereocenters. The van der Waals surface area contributed by atoms with E-state index in [1.807, 2.05) is 45.4 Å². The van der Waals surface area contributed by atoms with Crippen LogP contribution in [-0.2, 0) is 6.54 Å². The molecule has 0 radical (unpaired) electrons. The molecular weight excluding hydrogens is 421 g/mol. The maximum Gasteiger partial charge on any atom is 0.122 e. The number of alkyl halides is 1. The zero-order chi connectivity index (χ0) is 24.9. The molecular formula is C30H36FN3. The summed E-state index contributed by atoms with van der Waals surface area (Å²) in [4.78, 5) is 10.6. The first-order valence-electron chi connectivity index (χ1n) is 11.7. The van der Waals surface area contributed by atoms with Gasteiger partial charge in [-0.25, -0.2) is 4.39 Å². The van der Waals surface area contributed by atoms with Crippen LogP contribution in [0.1, 0.15) is 48.2 Å². The minimum atomic E-state index is -1.07. The van der Waals surface area contributed by atoms with Crippen molar-refractivity contribution in [3.05, 3.63) is 102 Å². The molecule has 1 aliphatic rings. The Morgan fingerprint density at radius 3 is 2.38 bits per heavy atom. The third kappa shape index (κ3) is 6.94. The minimum Gasteiger partial charge on any atom is -0.296 e. The summed E-state index contributed by atoms with van der Waals surface area (Å²) in [5.74, 6) is 0. The summed E-state index contributed by atoms with van der Waals surface area (Å²) in [7, 11) is 0. The van der Waals surface area contributed by atoms with Crippen LogP contribution in [-0.4, -0.2) is 33.6 Å². The van der Waals surface area contributed by atoms with Gasteiger partial charge in [0, 0.05) is 49.5 Å². The van der Waals surface area contributed by atoms with Crippen molar-refractivity contribution in [2.75, 3.05) is 13.1 Å². The molecule has 4 rings (SSSR count). The van der Waals surface area contributed by atoms with Crippen LogP contribution in [0.4, 0.5) is 4.39 Å². The lowest BCUT2D eigenvalue weighted by Gasteiger charge is -2.17. The molecule has 1 fully saturated rings. The number of pyridine rings is 2. The highest BCUT2D eigenvalue weighted by atomic mass is 19.1. The summed E-state index contributed by atoms with van der Waals surface area (Å²) in [5.41, 5.74) is 8.76. The number of likely N-dealkylation sites (tertiary alicyclic amines) is 1. The van der Waals surface area contributed by atoms with E-state index in [1.165, 1.54) is 11.1 Å². The van der Waals surface area contributed by atoms with Crippen LogP contribution in [0.15, 0.2) is 73.7 Å². The van der Waals surface area contributed by atoms with Crippen molar-refractivity contribution in [3.63, 3.8) is 0 Å². The van der Waals surface area contributed by atoms with E-state index >= 15 is 0 Å². The Morgan fingerprint density at radius 2 is 1.79 bits per heavy atom. The standard InChI is InChI=1S/C23H27FN2.C7H9N/c1-16(2)18(4)22-11-20(7-6-17(22)3)21-10-19(12-25-13-21)14-26-9-8-23(5,24)15-26;1-6-3-4-7(2)8-5-6/h6-7,10-13H,1,4,8-9,14-15H2,2-3,5H3;3-5H,1-2H3. The summed E-state index contributed by atoms with van der Waals surface area (Å²) >= 11 is 0. The van der Waals surface area contributed by atoms with Gasteiger partial charge < -0.3 is 0 Å². The molecule has 1 aliphatic heterocycles. The van der Waals surface area contributed by atoms with Gasteiger partial charge in [0.05, 0.1) is 0 Å². The van der Waals surface area contributed by atoms with Gasteiger partial charge in [0.1, 0.15) is 5.67 Å². The number of rotatable bonds is 5. The average Bonchev–Trinajstić information content (AvgIpc) is 3.14. The molecule has 178 valence electrons. The second kappa shape index (κ2) is 10.9. The van der Waals surface area contributed by atoms with Crippen LogP contribution in [0.3, 0.4) is 0 Å². The number of aryl methyl sites for hydroxylation is 3. The molecule has 0 spiro atoms. The predicted octanol–water partition coefficient (Wildman–Crippen LogP) is 7.28. The highest BCUT2D eigenvalue weighted by molar-refractivity contribution is 5.81. The Kier molecular flexibility index (Phi) is 8.16. The molecule has 0 bridgehead atoms. The molecule has 1 saturated heterocycles. The van der Waals surface area contributed by atoms with E-state index in [2.05, 4.69) is 65.3 Å². The van der Waals surface area contributed by atoms with Crippen molar-refractivity contribution in [1.29, 1.82) is 0 Å². The Hall–Kier alpha value is -3.11. The third-order valence-electron chi connectivity index (χ3n) is 6.17. The number of allylic oxidation sites excluding steroid dienone is 2. The minimum absolute atomic E-state index is 0.490. The van der Waals surface area contributed by atoms with E-state index in [0.29, 0.717) is 13.0 Å². The first-order chi connectivity index (χ1) is 16.0. The predicted molar refractivity (Wildman–Crippen MR) is 141 cm³/mol. The summed E-state index contributed by atoms with van der Waals surface area (Å²) in [6.45, 7) is 20.0. The van der Waals surface area contributed by atoms with E-state index in [1.54, 1.807) is 6.92 Å². The number of aromatic nitrogens is 2. The smallest absolute Gasteiger partial charge is 0.122 e. The van der Waals surface area contributed by atoms with Crippen molar-refractivity contribution < 1.29 is 4.39 Å². The Labute approximate surface area is 204 Å². The number of hydrogen-bond acceptors (Lipinski definition) is 3. The molecule has 1 unspecified atom stereocenters. The average molecular weight is 458 g/mol. The van der Waals surface area contributed by atoms with Gasteiger partial charge in [-0.1, -0.05) is 36.9 Å². The third-order valence-corrected chi connectivity index (χ3v) is 6.17. The molecule has 1 aromatic carbocycles. The number of hydrogen-bond donors (Lipinski definition) is 0. The molecule has 0 amide bonds. The molecule has 34 heavy (non-hydrogen) atoms. The molecule has 3 heterocycles. The fraction of sp³-hybridized carbons (Fsp3) is 0.333. The molecule has 0 N–H and O–H groups in total. The van der Waals surface area contributed by atoms with E-state index in [4.69, 9.17) is 0 Å². The maximum absolute atomic E-state index is 14.1. The first-order valence-corrected chi connectivity index (χ1v) is 11.7. The van der Waals surface area contributed by atoms with E-state index in [9.17, 15) is 4.39 Å². The summed E-state index contributed by atoms with van der Waals surface area (Å²) in [6.07, 6.45) is 6.23. The fourth-order valence-corrected chi connectivity index (χ4v) is 4.04. The van der Waals surface area contributed by atoms with Gasteiger partial charge in [-0.05, 0) is 92.6 Å². The summed E-state index contributed by atoms with van der Waals surface area (Å²) < 4.78 is 14.1. The van der Waals surface area contributed by atoms with Crippen LogP contribution in [0.2, 0.25) is 0 Å². The van der Waals surface area contributed by atoms with Gasteiger partial charge in [0.2, 0.25) is 0 Å². The van der Waals surface area contributed by atoms with Crippen LogP contribution < -0.4 is 0 Å². The molecule has 3 nitrogen and oxygen atoms in total. The van der Waals surface area contributed by atoms with Gasteiger partial charge in [-0.2, -0.15) is 0 Å². The van der Waals surface area contributed by atoms with Crippen molar-refractivity contribution in [2.45, 2.75) is 53.3 Å². The second-order valence-corrected chi connectivity index (χ2v) is 9.72. The highest BCUT2D eigenvalue weighted by Gasteiger charge is 2.33. The van der Waals surface area contributed by atoms with Gasteiger partial charge in [-0.15, -0.1) is 0 Å². The monoisotopic (exact) mass is 457 g/mol. The van der Waals surface area contributed by atoms with Crippen molar-refractivity contribution in [2.24, 2.45) is 0 Å². The van der Waals surface area contributed by atoms with Gasteiger partial charge in [0.15, 0.2) is 0 Å². The highest BCUT2D eigenvalue weighted by Crippen LogP contribution is 2.30. The van der Waals surface area contributed by atoms with Crippen LogP contribution >= 0.6 is 0 Å². The quantitative estimate of drug-likeness (QED) is 0.377. The molecule has 0 aliphatic carbocycles. The normalized spacial score (nSPS) is 17.7. The van der Waals surface area contributed by atoms with Crippen LogP contribution in [0, 0.1) is 20.8 Å². The number of halogens is 1. The zero-order valence-corrected chi connectivity index (χ0v) is 21.2. The van der Waals surface area contributed by atoms with Crippen molar-refractivity contribution in [1.82, 2.24) is 14.9 Å². The number of nitrogens with zero attached hydrogens (tertiary/aromatic N) is 3. The second-order valence-electron chi connectivity index (χ2n) is 9.72. The van der Waals surface area contributed by atoms with Crippen LogP contribution in [0.25, 0.3) is 16.7 Å². The lowest BCUT2D eigenvalue weighted by molar-refractivity contribution is 0.186. The largest absolute Gasteiger partial charge is 0.296 e. The molecule has 3 aromatic rings. The zero-order valence-electron chi connectivity index (χ0n) is 21.2. The van der Waals surface area contributed by atoms with Crippen LogP contribution in [0.5, 0.6) is 0 Å². The lowest BCUT2D eigenvalue weighted by Crippen LogP contribution is -2.25. The first kappa shape index (κ1) is 25.5. The molecule has 4 heteroatoms. The Morgan fingerprint density at radius 1 is 1.03 bits per heavy atom. The lowest BCUT2D eigenvalue weighted by atomic mass is 9.93. The van der Waals surface area contributed by atoms with Gasteiger partial charge >= 0.3 is 0 Å². The Balaban J connectivity index is 0.000000343.